The molecule has 1 aliphatic carbocycles. The zero-order valence-electron chi connectivity index (χ0n) is 13.7. The second-order valence-corrected chi connectivity index (χ2v) is 6.85. The summed E-state index contributed by atoms with van der Waals surface area (Å²) in [5, 5.41) is 0.607. The van der Waals surface area contributed by atoms with Crippen molar-refractivity contribution in [3.05, 3.63) is 58.5 Å². The van der Waals surface area contributed by atoms with Gasteiger partial charge in [-0.2, -0.15) is 0 Å². The molecule has 1 aliphatic rings. The maximum atomic E-state index is 11.7. The number of nitrogens with zero attached hydrogens (tertiary/aromatic N) is 2. The van der Waals surface area contributed by atoms with Crippen molar-refractivity contribution >= 4 is 11.8 Å². The summed E-state index contributed by atoms with van der Waals surface area (Å²) < 4.78 is 11.0. The fourth-order valence-electron chi connectivity index (χ4n) is 2.53. The molecule has 0 unspecified atom stereocenters. The van der Waals surface area contributed by atoms with Crippen LogP contribution >= 0.6 is 11.8 Å². The third-order valence-corrected chi connectivity index (χ3v) is 4.83. The normalized spacial score (nSPS) is 13.8. The lowest BCUT2D eigenvalue weighted by atomic mass is 10.2. The largest absolute Gasteiger partial charge is 0.497 e. The molecule has 2 heterocycles. The first kappa shape index (κ1) is 16.0. The Labute approximate surface area is 148 Å². The molecule has 4 rings (SSSR count). The van der Waals surface area contributed by atoms with E-state index >= 15 is 0 Å². The van der Waals surface area contributed by atoms with Crippen LogP contribution < -0.4 is 10.3 Å². The zero-order valence-corrected chi connectivity index (χ0v) is 14.5. The first-order valence-corrected chi connectivity index (χ1v) is 9.03. The Morgan fingerprint density at radius 2 is 2.24 bits per heavy atom. The summed E-state index contributed by atoms with van der Waals surface area (Å²) in [6.07, 6.45) is 3.93. The SMILES string of the molecule is COc1cccc(-c2cnc(CSc3nc(C4CC4)cc(=O)[nH]3)o2)c1. The quantitative estimate of drug-likeness (QED) is 0.537. The van der Waals surface area contributed by atoms with Gasteiger partial charge in [-0.15, -0.1) is 0 Å². The lowest BCUT2D eigenvalue weighted by Crippen LogP contribution is -2.09. The monoisotopic (exact) mass is 355 g/mol. The van der Waals surface area contributed by atoms with E-state index in [0.29, 0.717) is 28.5 Å². The zero-order chi connectivity index (χ0) is 17.2. The summed E-state index contributed by atoms with van der Waals surface area (Å²) in [5.41, 5.74) is 1.69. The second kappa shape index (κ2) is 6.76. The first-order valence-electron chi connectivity index (χ1n) is 8.04. The van der Waals surface area contributed by atoms with E-state index < -0.39 is 0 Å². The number of hydrogen-bond donors (Lipinski definition) is 1. The predicted molar refractivity (Wildman–Crippen MR) is 94.9 cm³/mol. The minimum Gasteiger partial charge on any atom is -0.497 e. The summed E-state index contributed by atoms with van der Waals surface area (Å²) in [7, 11) is 1.63. The van der Waals surface area contributed by atoms with Gasteiger partial charge in [0.05, 0.1) is 24.8 Å². The van der Waals surface area contributed by atoms with E-state index in [1.807, 2.05) is 24.3 Å². The third-order valence-electron chi connectivity index (χ3n) is 3.98. The average Bonchev–Trinajstić information content (AvgIpc) is 3.38. The number of oxazole rings is 1. The van der Waals surface area contributed by atoms with Crippen molar-refractivity contribution in [2.24, 2.45) is 0 Å². The molecule has 6 nitrogen and oxygen atoms in total. The van der Waals surface area contributed by atoms with Crippen LogP contribution in [0.2, 0.25) is 0 Å². The van der Waals surface area contributed by atoms with Crippen LogP contribution in [0.1, 0.15) is 30.3 Å². The number of hydrogen-bond acceptors (Lipinski definition) is 6. The number of ether oxygens (including phenoxy) is 1. The number of nitrogens with one attached hydrogen (secondary N) is 1. The van der Waals surface area contributed by atoms with E-state index in [-0.39, 0.29) is 5.56 Å². The van der Waals surface area contributed by atoms with Gasteiger partial charge >= 0.3 is 0 Å². The van der Waals surface area contributed by atoms with Crippen molar-refractivity contribution in [3.63, 3.8) is 0 Å². The lowest BCUT2D eigenvalue weighted by Gasteiger charge is -2.02. The number of thioether (sulfide) groups is 1. The van der Waals surface area contributed by atoms with Gasteiger partial charge in [0.2, 0.25) is 5.89 Å². The average molecular weight is 355 g/mol. The number of methoxy groups -OCH3 is 1. The Balaban J connectivity index is 1.47. The summed E-state index contributed by atoms with van der Waals surface area (Å²) in [6.45, 7) is 0. The lowest BCUT2D eigenvalue weighted by molar-refractivity contribution is 0.414. The van der Waals surface area contributed by atoms with Gasteiger partial charge in [-0.3, -0.25) is 4.79 Å². The van der Waals surface area contributed by atoms with Gasteiger partial charge in [0.25, 0.3) is 5.56 Å². The van der Waals surface area contributed by atoms with Crippen LogP contribution in [0.4, 0.5) is 0 Å². The predicted octanol–water partition coefficient (Wildman–Crippen LogP) is 3.60. The number of aromatic amines is 1. The van der Waals surface area contributed by atoms with Gasteiger partial charge in [-0.1, -0.05) is 23.9 Å². The van der Waals surface area contributed by atoms with Crippen LogP contribution in [-0.4, -0.2) is 22.1 Å². The molecule has 128 valence electrons. The van der Waals surface area contributed by atoms with Crippen LogP contribution in [0.25, 0.3) is 11.3 Å². The highest BCUT2D eigenvalue weighted by atomic mass is 32.2. The van der Waals surface area contributed by atoms with Gasteiger partial charge in [-0.05, 0) is 25.0 Å². The van der Waals surface area contributed by atoms with Crippen LogP contribution in [-0.2, 0) is 5.75 Å². The van der Waals surface area contributed by atoms with Crippen molar-refractivity contribution in [3.8, 4) is 17.1 Å². The van der Waals surface area contributed by atoms with Crippen LogP contribution in [0, 0.1) is 0 Å². The smallest absolute Gasteiger partial charge is 0.251 e. The molecule has 0 bridgehead atoms. The standard InChI is InChI=1S/C18H17N3O3S/c1-23-13-4-2-3-12(7-13)15-9-19-17(24-15)10-25-18-20-14(11-5-6-11)8-16(22)21-18/h2-4,7-9,11H,5-6,10H2,1H3,(H,20,21,22). The van der Waals surface area contributed by atoms with Gasteiger partial charge in [0.15, 0.2) is 10.9 Å². The summed E-state index contributed by atoms with van der Waals surface area (Å²) in [4.78, 5) is 23.3. The summed E-state index contributed by atoms with van der Waals surface area (Å²) in [6, 6.07) is 9.22. The molecule has 25 heavy (non-hydrogen) atoms. The van der Waals surface area contributed by atoms with Crippen molar-refractivity contribution in [1.29, 1.82) is 0 Å². The molecular weight excluding hydrogens is 338 g/mol. The molecule has 0 saturated heterocycles. The van der Waals surface area contributed by atoms with E-state index in [2.05, 4.69) is 15.0 Å². The van der Waals surface area contributed by atoms with Gasteiger partial charge in [0, 0.05) is 17.5 Å². The highest BCUT2D eigenvalue weighted by molar-refractivity contribution is 7.98. The number of aromatic nitrogens is 3. The molecule has 2 aromatic heterocycles. The molecule has 0 amide bonds. The minimum atomic E-state index is -0.108. The van der Waals surface area contributed by atoms with E-state index in [4.69, 9.17) is 9.15 Å². The first-order chi connectivity index (χ1) is 12.2. The number of H-pyrrole nitrogens is 1. The molecule has 0 aliphatic heterocycles. The fourth-order valence-corrected chi connectivity index (χ4v) is 3.26. The van der Waals surface area contributed by atoms with E-state index in [1.165, 1.54) is 11.8 Å². The van der Waals surface area contributed by atoms with Gasteiger partial charge in [0.1, 0.15) is 5.75 Å². The molecule has 3 aromatic rings. The number of rotatable bonds is 6. The Morgan fingerprint density at radius 1 is 1.36 bits per heavy atom. The van der Waals surface area contributed by atoms with Crippen molar-refractivity contribution in [2.45, 2.75) is 29.7 Å². The number of benzene rings is 1. The fraction of sp³-hybridized carbons (Fsp3) is 0.278. The van der Waals surface area contributed by atoms with Crippen LogP contribution in [0.3, 0.4) is 0 Å². The van der Waals surface area contributed by atoms with Crippen molar-refractivity contribution < 1.29 is 9.15 Å². The van der Waals surface area contributed by atoms with Crippen LogP contribution in [0.5, 0.6) is 5.75 Å². The maximum absolute atomic E-state index is 11.7. The Morgan fingerprint density at radius 3 is 3.04 bits per heavy atom. The molecule has 0 atom stereocenters. The highest BCUT2D eigenvalue weighted by Crippen LogP contribution is 2.38. The summed E-state index contributed by atoms with van der Waals surface area (Å²) >= 11 is 1.42. The molecule has 1 N–H and O–H groups in total. The van der Waals surface area contributed by atoms with Crippen molar-refractivity contribution in [2.75, 3.05) is 7.11 Å². The third kappa shape index (κ3) is 3.76. The topological polar surface area (TPSA) is 81.0 Å². The molecular formula is C18H17N3O3S. The highest BCUT2D eigenvalue weighted by Gasteiger charge is 2.25. The summed E-state index contributed by atoms with van der Waals surface area (Å²) in [5.74, 6) is 2.98. The van der Waals surface area contributed by atoms with Crippen LogP contribution in [0.15, 0.2) is 50.9 Å². The minimum absolute atomic E-state index is 0.108. The molecule has 1 aromatic carbocycles. The Bertz CT molecular complexity index is 946. The van der Waals surface area contributed by atoms with Gasteiger partial charge in [-0.25, -0.2) is 9.97 Å². The van der Waals surface area contributed by atoms with Crippen molar-refractivity contribution in [1.82, 2.24) is 15.0 Å². The Kier molecular flexibility index (Phi) is 4.31. The molecule has 0 spiro atoms. The second-order valence-electron chi connectivity index (χ2n) is 5.89. The van der Waals surface area contributed by atoms with Gasteiger partial charge < -0.3 is 14.1 Å². The van der Waals surface area contributed by atoms with E-state index in [9.17, 15) is 4.79 Å². The molecule has 1 saturated carbocycles. The maximum Gasteiger partial charge on any atom is 0.251 e. The van der Waals surface area contributed by atoms with E-state index in [1.54, 1.807) is 19.4 Å². The van der Waals surface area contributed by atoms with E-state index in [0.717, 1.165) is 29.8 Å². The molecule has 0 radical (unpaired) electrons. The Hall–Kier alpha value is -2.54. The molecule has 7 heteroatoms. The molecule has 1 fully saturated rings.